The fourth-order valence-corrected chi connectivity index (χ4v) is 6.35. The number of phenolic OH excluding ortho intramolecular Hbond substituents is 1. The quantitative estimate of drug-likeness (QED) is 0.160. The van der Waals surface area contributed by atoms with Crippen molar-refractivity contribution < 1.29 is 24.2 Å². The second-order valence-corrected chi connectivity index (χ2v) is 12.3. The predicted molar refractivity (Wildman–Crippen MR) is 185 cm³/mol. The number of piperazine rings is 1. The summed E-state index contributed by atoms with van der Waals surface area (Å²) in [6.07, 6.45) is 0.672. The van der Waals surface area contributed by atoms with Crippen molar-refractivity contribution >= 4 is 11.8 Å². The minimum absolute atomic E-state index is 0.106. The van der Waals surface area contributed by atoms with Crippen LogP contribution in [0.15, 0.2) is 133 Å². The molecule has 0 spiro atoms. The third-order valence-corrected chi connectivity index (χ3v) is 8.82. The second kappa shape index (κ2) is 14.9. The maximum Gasteiger partial charge on any atom is 0.249 e. The van der Waals surface area contributed by atoms with Gasteiger partial charge in [0, 0.05) is 39.4 Å². The van der Waals surface area contributed by atoms with Crippen molar-refractivity contribution in [1.82, 2.24) is 9.80 Å². The molecule has 1 saturated heterocycles. The van der Waals surface area contributed by atoms with E-state index in [1.807, 2.05) is 126 Å². The molecule has 0 unspecified atom stereocenters. The number of rotatable bonds is 12. The van der Waals surface area contributed by atoms with Gasteiger partial charge in [-0.1, -0.05) is 97.1 Å². The van der Waals surface area contributed by atoms with Gasteiger partial charge in [-0.15, -0.1) is 0 Å². The van der Waals surface area contributed by atoms with Crippen LogP contribution in [0, 0.1) is 0 Å². The predicted octanol–water partition coefficient (Wildman–Crippen LogP) is 6.97. The first-order valence-electron chi connectivity index (χ1n) is 16.2. The van der Waals surface area contributed by atoms with E-state index in [-0.39, 0.29) is 17.6 Å². The van der Waals surface area contributed by atoms with E-state index in [1.165, 1.54) is 0 Å². The third-order valence-electron chi connectivity index (χ3n) is 8.82. The van der Waals surface area contributed by atoms with Gasteiger partial charge in [0.2, 0.25) is 11.8 Å². The lowest BCUT2D eigenvalue weighted by Crippen LogP contribution is -2.68. The number of amides is 2. The summed E-state index contributed by atoms with van der Waals surface area (Å²) in [5, 5.41) is 9.80. The Hall–Kier alpha value is -5.56. The maximum atomic E-state index is 14.7. The Balaban J connectivity index is 1.27. The lowest BCUT2D eigenvalue weighted by molar-refractivity contribution is -0.161. The number of nitrogens with zero attached hydrogens (tertiary/aromatic N) is 2. The average molecular weight is 641 g/mol. The summed E-state index contributed by atoms with van der Waals surface area (Å²) in [4.78, 5) is 31.6. The molecule has 0 saturated carbocycles. The van der Waals surface area contributed by atoms with Gasteiger partial charge in [-0.25, -0.2) is 0 Å². The SMILES string of the molecule is CC(=O)N1CCN(Cc2ccc(O)cc2)C(=O)C1(Cc1ccc(OCc2ccccc2)cc1)Cc1ccc(OCc2ccccc2)cc1. The Bertz CT molecular complexity index is 1700. The largest absolute Gasteiger partial charge is 0.508 e. The molecule has 7 heteroatoms. The Morgan fingerprint density at radius 3 is 1.54 bits per heavy atom. The lowest BCUT2D eigenvalue weighted by Gasteiger charge is -2.50. The third kappa shape index (κ3) is 7.86. The van der Waals surface area contributed by atoms with Gasteiger partial charge < -0.3 is 24.4 Å². The summed E-state index contributed by atoms with van der Waals surface area (Å²) >= 11 is 0. The molecule has 1 aliphatic rings. The Kier molecular flexibility index (Phi) is 10.1. The molecule has 2 amide bonds. The van der Waals surface area contributed by atoms with Gasteiger partial charge in [-0.3, -0.25) is 9.59 Å². The van der Waals surface area contributed by atoms with Crippen molar-refractivity contribution in [3.63, 3.8) is 0 Å². The minimum Gasteiger partial charge on any atom is -0.508 e. The molecular weight excluding hydrogens is 600 g/mol. The van der Waals surface area contributed by atoms with Gasteiger partial charge in [-0.2, -0.15) is 0 Å². The number of hydrogen-bond acceptors (Lipinski definition) is 5. The first kappa shape index (κ1) is 32.4. The van der Waals surface area contributed by atoms with E-state index in [1.54, 1.807) is 24.0 Å². The van der Waals surface area contributed by atoms with Crippen LogP contribution in [0.3, 0.4) is 0 Å². The topological polar surface area (TPSA) is 79.3 Å². The molecule has 6 rings (SSSR count). The molecule has 5 aromatic rings. The highest BCUT2D eigenvalue weighted by Crippen LogP contribution is 2.34. The van der Waals surface area contributed by atoms with E-state index in [9.17, 15) is 14.7 Å². The highest BCUT2D eigenvalue weighted by Gasteiger charge is 2.50. The van der Waals surface area contributed by atoms with E-state index in [0.29, 0.717) is 45.7 Å². The minimum atomic E-state index is -1.15. The lowest BCUT2D eigenvalue weighted by atomic mass is 9.80. The molecule has 7 nitrogen and oxygen atoms in total. The van der Waals surface area contributed by atoms with E-state index < -0.39 is 5.54 Å². The molecule has 0 bridgehead atoms. The molecule has 5 aromatic carbocycles. The van der Waals surface area contributed by atoms with Crippen molar-refractivity contribution in [2.75, 3.05) is 13.1 Å². The summed E-state index contributed by atoms with van der Waals surface area (Å²) in [7, 11) is 0. The maximum absolute atomic E-state index is 14.7. The Morgan fingerprint density at radius 2 is 1.08 bits per heavy atom. The number of aromatic hydroxyl groups is 1. The number of phenols is 1. The smallest absolute Gasteiger partial charge is 0.249 e. The van der Waals surface area contributed by atoms with Crippen LogP contribution in [0.4, 0.5) is 0 Å². The van der Waals surface area contributed by atoms with Crippen molar-refractivity contribution in [3.8, 4) is 17.2 Å². The average Bonchev–Trinajstić information content (AvgIpc) is 3.11. The van der Waals surface area contributed by atoms with Crippen molar-refractivity contribution in [3.05, 3.63) is 161 Å². The van der Waals surface area contributed by atoms with Crippen LogP contribution in [0.2, 0.25) is 0 Å². The fourth-order valence-electron chi connectivity index (χ4n) is 6.35. The summed E-state index contributed by atoms with van der Waals surface area (Å²) in [6, 6.07) is 42.5. The van der Waals surface area contributed by atoms with Gasteiger partial charge in [0.05, 0.1) is 0 Å². The summed E-state index contributed by atoms with van der Waals surface area (Å²) in [5.41, 5.74) is 3.77. The zero-order chi connectivity index (χ0) is 33.3. The van der Waals surface area contributed by atoms with Crippen LogP contribution in [0.1, 0.15) is 34.7 Å². The highest BCUT2D eigenvalue weighted by molar-refractivity contribution is 5.93. The monoisotopic (exact) mass is 640 g/mol. The van der Waals surface area contributed by atoms with E-state index in [2.05, 4.69) is 0 Å². The van der Waals surface area contributed by atoms with Crippen LogP contribution in [-0.2, 0) is 42.2 Å². The zero-order valence-electron chi connectivity index (χ0n) is 27.1. The van der Waals surface area contributed by atoms with Gasteiger partial charge in [0.1, 0.15) is 36.0 Å². The summed E-state index contributed by atoms with van der Waals surface area (Å²) in [5.74, 6) is 1.39. The van der Waals surface area contributed by atoms with Crippen molar-refractivity contribution in [2.45, 2.75) is 45.1 Å². The van der Waals surface area contributed by atoms with Crippen LogP contribution in [0.25, 0.3) is 0 Å². The van der Waals surface area contributed by atoms with Crippen molar-refractivity contribution in [2.24, 2.45) is 0 Å². The van der Waals surface area contributed by atoms with Crippen LogP contribution in [0.5, 0.6) is 17.2 Å². The zero-order valence-corrected chi connectivity index (χ0v) is 27.1. The number of hydrogen-bond donors (Lipinski definition) is 1. The molecule has 1 fully saturated rings. The summed E-state index contributed by atoms with van der Waals surface area (Å²) < 4.78 is 12.0. The van der Waals surface area contributed by atoms with Crippen LogP contribution < -0.4 is 9.47 Å². The molecule has 48 heavy (non-hydrogen) atoms. The van der Waals surface area contributed by atoms with Crippen LogP contribution in [-0.4, -0.2) is 45.3 Å². The Labute approximate surface area is 282 Å². The molecule has 0 aromatic heterocycles. The first-order valence-corrected chi connectivity index (χ1v) is 16.2. The molecular formula is C41H40N2O5. The Morgan fingerprint density at radius 1 is 0.625 bits per heavy atom. The van der Waals surface area contributed by atoms with Crippen LogP contribution >= 0.6 is 0 Å². The molecule has 0 aliphatic carbocycles. The van der Waals surface area contributed by atoms with Gasteiger partial charge >= 0.3 is 0 Å². The van der Waals surface area contributed by atoms with Gasteiger partial charge in [-0.05, 0) is 64.2 Å². The number of carbonyl (C=O) groups is 2. The fraction of sp³-hybridized carbons (Fsp3) is 0.220. The van der Waals surface area contributed by atoms with E-state index in [0.717, 1.165) is 39.3 Å². The molecule has 244 valence electrons. The summed E-state index contributed by atoms with van der Waals surface area (Å²) in [6.45, 7) is 3.66. The normalized spacial score (nSPS) is 14.1. The number of benzene rings is 5. The van der Waals surface area contributed by atoms with Gasteiger partial charge in [0.25, 0.3) is 0 Å². The number of carbonyl (C=O) groups excluding carboxylic acids is 2. The molecule has 1 heterocycles. The molecule has 0 radical (unpaired) electrons. The van der Waals surface area contributed by atoms with E-state index in [4.69, 9.17) is 9.47 Å². The molecule has 1 N–H and O–H groups in total. The first-order chi connectivity index (χ1) is 23.4. The standard InChI is InChI=1S/C41H40N2O5/c1-31(44)43-25-24-42(28-34-12-18-37(45)19-13-34)40(46)41(43,26-32-14-20-38(21-15-32)47-29-35-8-4-2-5-9-35)27-33-16-22-39(23-17-33)48-30-36-10-6-3-7-11-36/h2-23,45H,24-30H2,1H3. The van der Waals surface area contributed by atoms with Crippen molar-refractivity contribution in [1.29, 1.82) is 0 Å². The molecule has 1 aliphatic heterocycles. The highest BCUT2D eigenvalue weighted by atomic mass is 16.5. The second-order valence-electron chi connectivity index (χ2n) is 12.3. The van der Waals surface area contributed by atoms with E-state index >= 15 is 0 Å². The molecule has 0 atom stereocenters. The number of ether oxygens (including phenoxy) is 2. The van der Waals surface area contributed by atoms with Gasteiger partial charge in [0.15, 0.2) is 0 Å².